The summed E-state index contributed by atoms with van der Waals surface area (Å²) >= 11 is 0. The Morgan fingerprint density at radius 1 is 1.28 bits per heavy atom. The second kappa shape index (κ2) is 3.29. The highest BCUT2D eigenvalue weighted by Gasteiger charge is 2.64. The van der Waals surface area contributed by atoms with Crippen molar-refractivity contribution < 1.29 is 9.47 Å². The van der Waals surface area contributed by atoms with Crippen LogP contribution in [0.15, 0.2) is 23.8 Å². The molecule has 1 spiro atoms. The van der Waals surface area contributed by atoms with Gasteiger partial charge in [0.25, 0.3) is 0 Å². The predicted molar refractivity (Wildman–Crippen MR) is 70.0 cm³/mol. The fourth-order valence-corrected chi connectivity index (χ4v) is 5.09. The number of hydrogen-bond donors (Lipinski definition) is 0. The summed E-state index contributed by atoms with van der Waals surface area (Å²) in [6, 6.07) is 0. The molecule has 3 fully saturated rings. The molecule has 98 valence electrons. The maximum absolute atomic E-state index is 6.08. The van der Waals surface area contributed by atoms with Gasteiger partial charge in [-0.3, -0.25) is 0 Å². The van der Waals surface area contributed by atoms with Gasteiger partial charge >= 0.3 is 0 Å². The van der Waals surface area contributed by atoms with Crippen LogP contribution in [0.25, 0.3) is 0 Å². The smallest absolute Gasteiger partial charge is 0.175 e. The molecular weight excluding hydrogens is 224 g/mol. The van der Waals surface area contributed by atoms with E-state index in [0.29, 0.717) is 11.8 Å². The van der Waals surface area contributed by atoms with Crippen LogP contribution in [0.1, 0.15) is 33.1 Å². The maximum Gasteiger partial charge on any atom is 0.175 e. The SMILES string of the molecule is C=C1C[C@H]2[C@@H](C1)[C@]1(C)CC3(OCCO3)[C@H]2C=C1C. The second-order valence-electron chi connectivity index (χ2n) is 6.91. The highest BCUT2D eigenvalue weighted by atomic mass is 16.7. The van der Waals surface area contributed by atoms with Gasteiger partial charge in [-0.05, 0) is 37.0 Å². The van der Waals surface area contributed by atoms with Crippen molar-refractivity contribution in [3.63, 3.8) is 0 Å². The van der Waals surface area contributed by atoms with Gasteiger partial charge in [0.2, 0.25) is 0 Å². The average Bonchev–Trinajstić information content (AvgIpc) is 2.90. The van der Waals surface area contributed by atoms with Crippen LogP contribution in [-0.2, 0) is 9.47 Å². The Bertz CT molecular complexity index is 444. The van der Waals surface area contributed by atoms with Gasteiger partial charge in [-0.25, -0.2) is 0 Å². The summed E-state index contributed by atoms with van der Waals surface area (Å²) in [5.74, 6) is 1.60. The van der Waals surface area contributed by atoms with E-state index >= 15 is 0 Å². The van der Waals surface area contributed by atoms with Gasteiger partial charge < -0.3 is 9.47 Å². The van der Waals surface area contributed by atoms with Gasteiger partial charge in [-0.2, -0.15) is 0 Å². The summed E-state index contributed by atoms with van der Waals surface area (Å²) in [5.41, 5.74) is 3.23. The molecule has 5 rings (SSSR count). The molecule has 1 saturated heterocycles. The third-order valence-electron chi connectivity index (χ3n) is 6.06. The zero-order valence-electron chi connectivity index (χ0n) is 11.4. The number of allylic oxidation sites excluding steroid dienone is 2. The van der Waals surface area contributed by atoms with Crippen molar-refractivity contribution in [2.24, 2.45) is 23.2 Å². The number of hydrogen-bond acceptors (Lipinski definition) is 2. The van der Waals surface area contributed by atoms with Gasteiger partial charge in [0.1, 0.15) is 0 Å². The molecular formula is C16H22O2. The van der Waals surface area contributed by atoms with E-state index in [1.54, 1.807) is 5.57 Å². The Hall–Kier alpha value is -0.600. The lowest BCUT2D eigenvalue weighted by molar-refractivity contribution is -0.250. The van der Waals surface area contributed by atoms with E-state index in [9.17, 15) is 0 Å². The molecule has 4 atom stereocenters. The topological polar surface area (TPSA) is 18.5 Å². The second-order valence-corrected chi connectivity index (χ2v) is 6.91. The van der Waals surface area contributed by atoms with Crippen LogP contribution in [-0.4, -0.2) is 19.0 Å². The van der Waals surface area contributed by atoms with Crippen molar-refractivity contribution in [2.45, 2.75) is 38.9 Å². The molecule has 5 aliphatic rings. The molecule has 0 amide bonds. The molecule has 0 aromatic heterocycles. The zero-order valence-corrected chi connectivity index (χ0v) is 11.4. The third-order valence-corrected chi connectivity index (χ3v) is 6.06. The minimum absolute atomic E-state index is 0.253. The quantitative estimate of drug-likeness (QED) is 0.611. The summed E-state index contributed by atoms with van der Waals surface area (Å²) in [4.78, 5) is 0. The van der Waals surface area contributed by atoms with Crippen LogP contribution in [0.3, 0.4) is 0 Å². The maximum atomic E-state index is 6.08. The molecule has 0 aromatic rings. The molecule has 0 N–H and O–H groups in total. The van der Waals surface area contributed by atoms with E-state index in [2.05, 4.69) is 26.5 Å². The molecule has 1 heterocycles. The molecule has 0 radical (unpaired) electrons. The average molecular weight is 246 g/mol. The van der Waals surface area contributed by atoms with Crippen LogP contribution in [0.5, 0.6) is 0 Å². The Kier molecular flexibility index (Phi) is 2.05. The van der Waals surface area contributed by atoms with Crippen LogP contribution in [0, 0.1) is 23.2 Å². The minimum Gasteiger partial charge on any atom is -0.347 e. The third kappa shape index (κ3) is 1.16. The van der Waals surface area contributed by atoms with Crippen molar-refractivity contribution in [3.05, 3.63) is 23.8 Å². The van der Waals surface area contributed by atoms with Crippen LogP contribution >= 0.6 is 0 Å². The fourth-order valence-electron chi connectivity index (χ4n) is 5.09. The number of rotatable bonds is 0. The van der Waals surface area contributed by atoms with Crippen molar-refractivity contribution >= 4 is 0 Å². The van der Waals surface area contributed by atoms with Crippen molar-refractivity contribution in [1.82, 2.24) is 0 Å². The number of ether oxygens (including phenoxy) is 2. The summed E-state index contributed by atoms with van der Waals surface area (Å²) in [7, 11) is 0. The lowest BCUT2D eigenvalue weighted by Crippen LogP contribution is -2.58. The zero-order chi connectivity index (χ0) is 12.5. The molecule has 0 unspecified atom stereocenters. The van der Waals surface area contributed by atoms with Gasteiger partial charge in [-0.15, -0.1) is 0 Å². The Morgan fingerprint density at radius 3 is 2.72 bits per heavy atom. The minimum atomic E-state index is -0.306. The first-order valence-corrected chi connectivity index (χ1v) is 7.19. The Morgan fingerprint density at radius 2 is 2.00 bits per heavy atom. The first-order chi connectivity index (χ1) is 8.55. The molecule has 2 bridgehead atoms. The van der Waals surface area contributed by atoms with Crippen molar-refractivity contribution in [1.29, 1.82) is 0 Å². The summed E-state index contributed by atoms with van der Waals surface area (Å²) in [5, 5.41) is 0. The molecule has 2 heteroatoms. The van der Waals surface area contributed by atoms with Crippen LogP contribution in [0.4, 0.5) is 0 Å². The fraction of sp³-hybridized carbons (Fsp3) is 0.750. The van der Waals surface area contributed by atoms with Gasteiger partial charge in [0.15, 0.2) is 5.79 Å². The molecule has 2 saturated carbocycles. The molecule has 0 aromatic carbocycles. The molecule has 1 aliphatic heterocycles. The normalized spacial score (nSPS) is 48.7. The van der Waals surface area contributed by atoms with Crippen LogP contribution < -0.4 is 0 Å². The van der Waals surface area contributed by atoms with E-state index in [4.69, 9.17) is 9.47 Å². The molecule has 2 nitrogen and oxygen atoms in total. The Balaban J connectivity index is 1.84. The lowest BCUT2D eigenvalue weighted by atomic mass is 9.50. The van der Waals surface area contributed by atoms with Gasteiger partial charge in [-0.1, -0.05) is 30.7 Å². The highest BCUT2D eigenvalue weighted by Crippen LogP contribution is 2.66. The van der Waals surface area contributed by atoms with E-state index < -0.39 is 0 Å². The largest absolute Gasteiger partial charge is 0.347 e. The van der Waals surface area contributed by atoms with Gasteiger partial charge in [0.05, 0.1) is 13.2 Å². The van der Waals surface area contributed by atoms with E-state index in [1.165, 1.54) is 18.4 Å². The van der Waals surface area contributed by atoms with E-state index in [0.717, 1.165) is 25.6 Å². The standard InChI is InChI=1S/C16H22O2/c1-10-6-12-13(7-10)15(3)9-16(17-4-5-18-16)14(12)8-11(15)2/h8,12-14H,1,4-7,9H2,2-3H3/t12-,13+,14-,15+/m0/s1. The molecule has 4 aliphatic carbocycles. The van der Waals surface area contributed by atoms with E-state index in [1.807, 2.05) is 0 Å². The highest BCUT2D eigenvalue weighted by molar-refractivity contribution is 5.32. The first kappa shape index (κ1) is 11.2. The first-order valence-electron chi connectivity index (χ1n) is 7.19. The lowest BCUT2D eigenvalue weighted by Gasteiger charge is -2.58. The van der Waals surface area contributed by atoms with E-state index in [-0.39, 0.29) is 11.2 Å². The monoisotopic (exact) mass is 246 g/mol. The summed E-state index contributed by atoms with van der Waals surface area (Å²) in [6.07, 6.45) is 5.87. The van der Waals surface area contributed by atoms with Crippen LogP contribution in [0.2, 0.25) is 0 Å². The summed E-state index contributed by atoms with van der Waals surface area (Å²) < 4.78 is 12.2. The van der Waals surface area contributed by atoms with Gasteiger partial charge in [0, 0.05) is 12.3 Å². The Labute approximate surface area is 109 Å². The molecule has 18 heavy (non-hydrogen) atoms. The van der Waals surface area contributed by atoms with Crippen molar-refractivity contribution in [2.75, 3.05) is 13.2 Å². The van der Waals surface area contributed by atoms with Crippen molar-refractivity contribution in [3.8, 4) is 0 Å². The summed E-state index contributed by atoms with van der Waals surface area (Å²) in [6.45, 7) is 10.5. The predicted octanol–water partition coefficient (Wildman–Crippen LogP) is 3.30.